The Labute approximate surface area is 320 Å². The zero-order valence-electron chi connectivity index (χ0n) is 29.9. The highest BCUT2D eigenvalue weighted by molar-refractivity contribution is 5.99. The molecule has 0 saturated carbocycles. The lowest BCUT2D eigenvalue weighted by Crippen LogP contribution is -2.25. The first-order valence-electron chi connectivity index (χ1n) is 18.8. The normalized spacial score (nSPS) is 12.9. The summed E-state index contributed by atoms with van der Waals surface area (Å²) >= 11 is 0. The Bertz CT molecular complexity index is 2810. The summed E-state index contributed by atoms with van der Waals surface area (Å²) in [7, 11) is 0. The van der Waals surface area contributed by atoms with Gasteiger partial charge in [0.15, 0.2) is 17.5 Å². The summed E-state index contributed by atoms with van der Waals surface area (Å²) in [6, 6.07) is 71.4. The monoisotopic (exact) mass is 699 g/mol. The first-order valence-corrected chi connectivity index (χ1v) is 18.8. The summed E-state index contributed by atoms with van der Waals surface area (Å²) in [6.45, 7) is 0. The third-order valence-electron chi connectivity index (χ3n) is 11.3. The third kappa shape index (κ3) is 4.80. The quantitative estimate of drug-likeness (QED) is 0.179. The van der Waals surface area contributed by atoms with Crippen molar-refractivity contribution in [3.05, 3.63) is 222 Å². The molecular weight excluding hydrogens is 667 g/mol. The summed E-state index contributed by atoms with van der Waals surface area (Å²) in [5.41, 5.74) is 17.0. The summed E-state index contributed by atoms with van der Waals surface area (Å²) in [5, 5.41) is 0. The zero-order chi connectivity index (χ0) is 36.3. The minimum atomic E-state index is -0.457. The van der Waals surface area contributed by atoms with Gasteiger partial charge in [-0.15, -0.1) is 0 Å². The molecule has 1 heterocycles. The van der Waals surface area contributed by atoms with Crippen molar-refractivity contribution in [1.82, 2.24) is 15.0 Å². The highest BCUT2D eigenvalue weighted by Crippen LogP contribution is 2.63. The van der Waals surface area contributed by atoms with Crippen LogP contribution in [0.2, 0.25) is 0 Å². The van der Waals surface area contributed by atoms with Gasteiger partial charge < -0.3 is 0 Å². The van der Waals surface area contributed by atoms with Crippen LogP contribution in [-0.4, -0.2) is 15.0 Å². The largest absolute Gasteiger partial charge is 0.208 e. The van der Waals surface area contributed by atoms with Gasteiger partial charge in [-0.05, 0) is 85.0 Å². The molecule has 9 aromatic rings. The minimum absolute atomic E-state index is 0.457. The SMILES string of the molecule is c1ccc(-c2cc(-c3ccccc3)cc(-c3nc(-c4ccccc4)nc(-c4cccc5c4-c4ccccc4C54c5ccccc5-c5ccccc54)n3)c2)cc1. The number of hydrogen-bond donors (Lipinski definition) is 0. The van der Waals surface area contributed by atoms with E-state index in [9.17, 15) is 0 Å². The zero-order valence-corrected chi connectivity index (χ0v) is 29.9. The van der Waals surface area contributed by atoms with E-state index in [0.717, 1.165) is 38.9 Å². The lowest BCUT2D eigenvalue weighted by Gasteiger charge is -2.30. The van der Waals surface area contributed by atoms with E-state index in [-0.39, 0.29) is 0 Å². The Morgan fingerprint density at radius 3 is 1.20 bits per heavy atom. The standard InChI is InChI=1S/C52H33N3/c1-4-17-34(18-5-1)37-31-38(35-19-6-2-7-20-35)33-39(32-37)50-53-49(36-21-8-3-9-22-36)54-51(55-50)43-26-16-30-47-48(43)42-25-12-15-29-46(42)52(47)44-27-13-10-23-40(44)41-24-11-14-28-45(41)52/h1-33H. The second kappa shape index (κ2) is 12.4. The molecule has 0 bridgehead atoms. The van der Waals surface area contributed by atoms with Crippen LogP contribution in [0.1, 0.15) is 22.3 Å². The summed E-state index contributed by atoms with van der Waals surface area (Å²) < 4.78 is 0. The molecule has 256 valence electrons. The fraction of sp³-hybridized carbons (Fsp3) is 0.0192. The number of nitrogens with zero attached hydrogens (tertiary/aromatic N) is 3. The van der Waals surface area contributed by atoms with Crippen LogP contribution in [0.3, 0.4) is 0 Å². The van der Waals surface area contributed by atoms with Crippen LogP contribution >= 0.6 is 0 Å². The molecule has 0 amide bonds. The fourth-order valence-electron chi connectivity index (χ4n) is 9.02. The number of fused-ring (bicyclic) bond motifs is 10. The van der Waals surface area contributed by atoms with Gasteiger partial charge in [0.25, 0.3) is 0 Å². The van der Waals surface area contributed by atoms with E-state index in [1.54, 1.807) is 0 Å². The van der Waals surface area contributed by atoms with E-state index < -0.39 is 5.41 Å². The molecule has 55 heavy (non-hydrogen) atoms. The Morgan fingerprint density at radius 2 is 0.636 bits per heavy atom. The van der Waals surface area contributed by atoms with Crippen molar-refractivity contribution in [3.8, 4) is 78.7 Å². The van der Waals surface area contributed by atoms with Gasteiger partial charge in [0.2, 0.25) is 0 Å². The average Bonchev–Trinajstić information content (AvgIpc) is 3.75. The predicted molar refractivity (Wildman–Crippen MR) is 223 cm³/mol. The molecule has 2 aliphatic carbocycles. The highest BCUT2D eigenvalue weighted by atomic mass is 15.0. The van der Waals surface area contributed by atoms with Gasteiger partial charge in [-0.2, -0.15) is 0 Å². The second-order valence-corrected chi connectivity index (χ2v) is 14.3. The molecule has 1 spiro atoms. The van der Waals surface area contributed by atoms with Crippen LogP contribution in [0.4, 0.5) is 0 Å². The van der Waals surface area contributed by atoms with Crippen LogP contribution in [0.5, 0.6) is 0 Å². The summed E-state index contributed by atoms with van der Waals surface area (Å²) in [4.78, 5) is 15.9. The maximum atomic E-state index is 5.40. The van der Waals surface area contributed by atoms with Crippen molar-refractivity contribution in [2.75, 3.05) is 0 Å². The molecule has 11 rings (SSSR count). The number of rotatable bonds is 5. The topological polar surface area (TPSA) is 38.7 Å². The highest BCUT2D eigenvalue weighted by Gasteiger charge is 2.52. The molecule has 3 nitrogen and oxygen atoms in total. The van der Waals surface area contributed by atoms with E-state index in [4.69, 9.17) is 15.0 Å². The van der Waals surface area contributed by atoms with Crippen LogP contribution in [0.15, 0.2) is 200 Å². The molecule has 0 atom stereocenters. The molecule has 1 aromatic heterocycles. The molecule has 0 fully saturated rings. The van der Waals surface area contributed by atoms with Crippen molar-refractivity contribution >= 4 is 0 Å². The van der Waals surface area contributed by atoms with Crippen molar-refractivity contribution in [3.63, 3.8) is 0 Å². The molecule has 2 aliphatic rings. The van der Waals surface area contributed by atoms with Gasteiger partial charge >= 0.3 is 0 Å². The van der Waals surface area contributed by atoms with Crippen LogP contribution in [0.25, 0.3) is 78.7 Å². The Hall–Kier alpha value is -7.23. The fourth-order valence-corrected chi connectivity index (χ4v) is 9.02. The molecular formula is C52H33N3. The molecule has 0 saturated heterocycles. The van der Waals surface area contributed by atoms with E-state index in [1.165, 1.54) is 44.5 Å². The molecule has 0 N–H and O–H groups in total. The predicted octanol–water partition coefficient (Wildman–Crippen LogP) is 12.6. The summed E-state index contributed by atoms with van der Waals surface area (Å²) in [6.07, 6.45) is 0. The Balaban J connectivity index is 1.18. The number of hydrogen-bond acceptors (Lipinski definition) is 3. The van der Waals surface area contributed by atoms with E-state index in [2.05, 4.69) is 182 Å². The maximum Gasteiger partial charge on any atom is 0.164 e. The number of benzene rings is 8. The Morgan fingerprint density at radius 1 is 0.255 bits per heavy atom. The molecule has 3 heteroatoms. The first kappa shape index (κ1) is 31.3. The van der Waals surface area contributed by atoms with E-state index in [0.29, 0.717) is 17.5 Å². The van der Waals surface area contributed by atoms with Crippen molar-refractivity contribution in [2.24, 2.45) is 0 Å². The second-order valence-electron chi connectivity index (χ2n) is 14.3. The van der Waals surface area contributed by atoms with Crippen LogP contribution in [-0.2, 0) is 5.41 Å². The molecule has 0 aliphatic heterocycles. The van der Waals surface area contributed by atoms with Crippen molar-refractivity contribution < 1.29 is 0 Å². The third-order valence-corrected chi connectivity index (χ3v) is 11.3. The maximum absolute atomic E-state index is 5.40. The lowest BCUT2D eigenvalue weighted by molar-refractivity contribution is 0.794. The summed E-state index contributed by atoms with van der Waals surface area (Å²) in [5.74, 6) is 1.93. The van der Waals surface area contributed by atoms with Crippen LogP contribution in [0, 0.1) is 0 Å². The van der Waals surface area contributed by atoms with Gasteiger partial charge in [-0.3, -0.25) is 0 Å². The van der Waals surface area contributed by atoms with Crippen LogP contribution < -0.4 is 0 Å². The van der Waals surface area contributed by atoms with Gasteiger partial charge in [0, 0.05) is 16.7 Å². The first-order chi connectivity index (χ1) is 27.3. The van der Waals surface area contributed by atoms with Gasteiger partial charge in [0.1, 0.15) is 0 Å². The van der Waals surface area contributed by atoms with Crippen molar-refractivity contribution in [2.45, 2.75) is 5.41 Å². The van der Waals surface area contributed by atoms with Gasteiger partial charge in [-0.1, -0.05) is 182 Å². The van der Waals surface area contributed by atoms with Gasteiger partial charge in [-0.25, -0.2) is 15.0 Å². The molecule has 0 radical (unpaired) electrons. The van der Waals surface area contributed by atoms with Crippen molar-refractivity contribution in [1.29, 1.82) is 0 Å². The average molecular weight is 700 g/mol. The molecule has 8 aromatic carbocycles. The smallest absolute Gasteiger partial charge is 0.164 e. The minimum Gasteiger partial charge on any atom is -0.208 e. The molecule has 0 unspecified atom stereocenters. The van der Waals surface area contributed by atoms with E-state index >= 15 is 0 Å². The Kier molecular flexibility index (Phi) is 7.08. The van der Waals surface area contributed by atoms with Gasteiger partial charge in [0.05, 0.1) is 5.41 Å². The van der Waals surface area contributed by atoms with E-state index in [1.807, 2.05) is 18.2 Å². The lowest BCUT2D eigenvalue weighted by atomic mass is 9.70. The number of aromatic nitrogens is 3.